The van der Waals surface area contributed by atoms with Gasteiger partial charge < -0.3 is 19.4 Å². The fourth-order valence-electron chi connectivity index (χ4n) is 3.29. The van der Waals surface area contributed by atoms with Gasteiger partial charge in [-0.25, -0.2) is 4.52 Å². The molecule has 1 aliphatic rings. The fourth-order valence-corrected chi connectivity index (χ4v) is 3.29. The summed E-state index contributed by atoms with van der Waals surface area (Å²) in [4.78, 5) is 12.8. The first-order chi connectivity index (χ1) is 12.7. The number of nitrogens with one attached hydrogen (secondary N) is 1. The van der Waals surface area contributed by atoms with E-state index in [2.05, 4.69) is 10.4 Å². The Morgan fingerprint density at radius 2 is 2.19 bits per heavy atom. The second kappa shape index (κ2) is 7.31. The van der Waals surface area contributed by atoms with Crippen LogP contribution in [-0.4, -0.2) is 45.4 Å². The van der Waals surface area contributed by atoms with E-state index in [1.165, 1.54) is 0 Å². The van der Waals surface area contributed by atoms with Gasteiger partial charge in [-0.05, 0) is 12.0 Å². The molecule has 7 heteroatoms. The Bertz CT molecular complexity index is 887. The summed E-state index contributed by atoms with van der Waals surface area (Å²) in [5, 5.41) is 7.28. The third-order valence-corrected chi connectivity index (χ3v) is 4.70. The first kappa shape index (κ1) is 16.8. The molecular weight excluding hydrogens is 332 g/mol. The average molecular weight is 354 g/mol. The van der Waals surface area contributed by atoms with Gasteiger partial charge in [-0.3, -0.25) is 4.79 Å². The minimum Gasteiger partial charge on any atom is -0.379 e. The van der Waals surface area contributed by atoms with Crippen LogP contribution in [-0.2, 0) is 23.1 Å². The lowest BCUT2D eigenvalue weighted by Crippen LogP contribution is -2.50. The van der Waals surface area contributed by atoms with Gasteiger partial charge in [0.15, 0.2) is 0 Å². The van der Waals surface area contributed by atoms with E-state index in [9.17, 15) is 4.79 Å². The highest BCUT2D eigenvalue weighted by Gasteiger charge is 2.29. The molecule has 0 unspecified atom stereocenters. The van der Waals surface area contributed by atoms with Gasteiger partial charge in [0.1, 0.15) is 11.2 Å². The molecule has 0 aliphatic carbocycles. The van der Waals surface area contributed by atoms with Crippen LogP contribution in [0.25, 0.3) is 5.65 Å². The van der Waals surface area contributed by atoms with Crippen molar-refractivity contribution in [1.82, 2.24) is 19.5 Å². The van der Waals surface area contributed by atoms with Crippen molar-refractivity contribution in [3.05, 3.63) is 60.0 Å². The number of rotatable bonds is 5. The number of carbonyl (C=O) groups excluding carboxylic acids is 1. The normalized spacial score (nSPS) is 20.3. The molecule has 136 valence electrons. The van der Waals surface area contributed by atoms with Crippen LogP contribution >= 0.6 is 0 Å². The third kappa shape index (κ3) is 3.36. The van der Waals surface area contributed by atoms with Crippen LogP contribution in [0.3, 0.4) is 0 Å². The molecule has 0 radical (unpaired) electrons. The van der Waals surface area contributed by atoms with E-state index in [4.69, 9.17) is 9.47 Å². The van der Waals surface area contributed by atoms with Crippen LogP contribution < -0.4 is 5.32 Å². The van der Waals surface area contributed by atoms with Gasteiger partial charge >= 0.3 is 0 Å². The maximum atomic E-state index is 12.8. The number of aromatic nitrogens is 3. The molecule has 0 saturated carbocycles. The summed E-state index contributed by atoms with van der Waals surface area (Å²) >= 11 is 0. The Balaban J connectivity index is 1.44. The quantitative estimate of drug-likeness (QED) is 0.758. The number of hydrogen-bond donors (Lipinski definition) is 1. The molecule has 26 heavy (non-hydrogen) atoms. The molecule has 2 aromatic heterocycles. The predicted molar refractivity (Wildman–Crippen MR) is 95.9 cm³/mol. The van der Waals surface area contributed by atoms with Crippen molar-refractivity contribution < 1.29 is 14.3 Å². The number of benzene rings is 1. The molecule has 3 heterocycles. The smallest absolute Gasteiger partial charge is 0.257 e. The zero-order valence-electron chi connectivity index (χ0n) is 14.7. The second-order valence-electron chi connectivity index (χ2n) is 6.51. The minimum absolute atomic E-state index is 0.0765. The highest BCUT2D eigenvalue weighted by atomic mass is 16.5. The molecule has 3 aromatic rings. The zero-order valence-corrected chi connectivity index (χ0v) is 14.7. The summed E-state index contributed by atoms with van der Waals surface area (Å²) in [6.07, 6.45) is 5.96. The first-order valence-electron chi connectivity index (χ1n) is 8.75. The van der Waals surface area contributed by atoms with Crippen molar-refractivity contribution in [2.45, 2.75) is 25.2 Å². The van der Waals surface area contributed by atoms with Gasteiger partial charge in [-0.2, -0.15) is 5.10 Å². The number of imidazole rings is 1. The zero-order chi connectivity index (χ0) is 17.9. The molecule has 7 nitrogen and oxygen atoms in total. The lowest BCUT2D eigenvalue weighted by molar-refractivity contribution is -0.0605. The highest BCUT2D eigenvalue weighted by Crippen LogP contribution is 2.16. The maximum absolute atomic E-state index is 12.8. The van der Waals surface area contributed by atoms with Gasteiger partial charge in [-0.15, -0.1) is 0 Å². The lowest BCUT2D eigenvalue weighted by Gasteiger charge is -2.32. The van der Waals surface area contributed by atoms with Crippen molar-refractivity contribution >= 4 is 11.6 Å². The Labute approximate surface area is 151 Å². The summed E-state index contributed by atoms with van der Waals surface area (Å²) < 4.78 is 15.2. The number of hydrogen-bond acceptors (Lipinski definition) is 4. The number of carbonyl (C=O) groups is 1. The topological polar surface area (TPSA) is 69.8 Å². The average Bonchev–Trinajstić information content (AvgIpc) is 3.25. The molecule has 1 saturated heterocycles. The van der Waals surface area contributed by atoms with Crippen molar-refractivity contribution in [2.24, 2.45) is 7.05 Å². The fraction of sp³-hybridized carbons (Fsp3) is 0.368. The van der Waals surface area contributed by atoms with Gasteiger partial charge in [0.05, 0.1) is 31.6 Å². The van der Waals surface area contributed by atoms with E-state index < -0.39 is 0 Å². The standard InChI is InChI=1S/C19H22N4O3/c1-22-8-9-23-19(22)15(11-20-23)18(24)21-16-13-25-10-7-17(16)26-12-14-5-3-2-4-6-14/h2-6,8-9,11,16-17H,7,10,12-13H2,1H3,(H,21,24)/t16-,17+/m1/s1. The maximum Gasteiger partial charge on any atom is 0.257 e. The van der Waals surface area contributed by atoms with E-state index in [0.29, 0.717) is 25.4 Å². The molecule has 0 spiro atoms. The second-order valence-corrected chi connectivity index (χ2v) is 6.51. The van der Waals surface area contributed by atoms with Crippen molar-refractivity contribution in [1.29, 1.82) is 0 Å². The number of aryl methyl sites for hydroxylation is 1. The number of amides is 1. The van der Waals surface area contributed by atoms with Crippen molar-refractivity contribution in [3.63, 3.8) is 0 Å². The van der Waals surface area contributed by atoms with E-state index in [-0.39, 0.29) is 18.1 Å². The predicted octanol–water partition coefficient (Wildman–Crippen LogP) is 1.78. The Hall–Kier alpha value is -2.64. The monoisotopic (exact) mass is 354 g/mol. The summed E-state index contributed by atoms with van der Waals surface area (Å²) in [5.41, 5.74) is 2.43. The van der Waals surface area contributed by atoms with Gasteiger partial charge in [-0.1, -0.05) is 30.3 Å². The largest absolute Gasteiger partial charge is 0.379 e. The van der Waals surface area contributed by atoms with Crippen LogP contribution in [0.15, 0.2) is 48.9 Å². The van der Waals surface area contributed by atoms with Gasteiger partial charge in [0.25, 0.3) is 5.91 Å². The summed E-state index contributed by atoms with van der Waals surface area (Å²) in [5.74, 6) is -0.161. The molecule has 1 aromatic carbocycles. The first-order valence-corrected chi connectivity index (χ1v) is 8.75. The van der Waals surface area contributed by atoms with E-state index in [1.54, 1.807) is 10.7 Å². The molecule has 2 atom stereocenters. The van der Waals surface area contributed by atoms with E-state index in [1.807, 2.05) is 54.3 Å². The SMILES string of the molecule is Cn1ccn2ncc(C(=O)N[C@@H]3COCC[C@@H]3OCc3ccccc3)c12. The number of fused-ring (bicyclic) bond motifs is 1. The van der Waals surface area contributed by atoms with Gasteiger partial charge in [0, 0.05) is 26.0 Å². The molecule has 1 aliphatic heterocycles. The Morgan fingerprint density at radius 3 is 3.04 bits per heavy atom. The lowest BCUT2D eigenvalue weighted by atomic mass is 10.1. The molecule has 0 bridgehead atoms. The minimum atomic E-state index is -0.185. The van der Waals surface area contributed by atoms with E-state index in [0.717, 1.165) is 17.6 Å². The van der Waals surface area contributed by atoms with Crippen LogP contribution in [0.1, 0.15) is 22.3 Å². The summed E-state index contributed by atoms with van der Waals surface area (Å²) in [6, 6.07) is 9.85. The van der Waals surface area contributed by atoms with Crippen LogP contribution in [0.4, 0.5) is 0 Å². The van der Waals surface area contributed by atoms with Crippen LogP contribution in [0.5, 0.6) is 0 Å². The number of ether oxygens (including phenoxy) is 2. The van der Waals surface area contributed by atoms with Gasteiger partial charge in [0.2, 0.25) is 0 Å². The van der Waals surface area contributed by atoms with Crippen LogP contribution in [0, 0.1) is 0 Å². The molecule has 1 N–H and O–H groups in total. The van der Waals surface area contributed by atoms with E-state index >= 15 is 0 Å². The van der Waals surface area contributed by atoms with Crippen LogP contribution in [0.2, 0.25) is 0 Å². The molecule has 1 amide bonds. The van der Waals surface area contributed by atoms with Crippen molar-refractivity contribution in [2.75, 3.05) is 13.2 Å². The number of nitrogens with zero attached hydrogens (tertiary/aromatic N) is 3. The third-order valence-electron chi connectivity index (χ3n) is 4.70. The Kier molecular flexibility index (Phi) is 4.73. The summed E-state index contributed by atoms with van der Waals surface area (Å²) in [7, 11) is 1.89. The summed E-state index contributed by atoms with van der Waals surface area (Å²) in [6.45, 7) is 1.61. The van der Waals surface area contributed by atoms with Crippen molar-refractivity contribution in [3.8, 4) is 0 Å². The molecule has 1 fully saturated rings. The molecular formula is C19H22N4O3. The molecule has 4 rings (SSSR count). The Morgan fingerprint density at radius 1 is 1.35 bits per heavy atom. The highest BCUT2D eigenvalue weighted by molar-refractivity contribution is 6.00.